The number of amides is 1. The van der Waals surface area contributed by atoms with Crippen LogP contribution < -0.4 is 10.6 Å². The van der Waals surface area contributed by atoms with Gasteiger partial charge < -0.3 is 10.6 Å². The van der Waals surface area contributed by atoms with Crippen molar-refractivity contribution >= 4 is 29.3 Å². The summed E-state index contributed by atoms with van der Waals surface area (Å²) in [7, 11) is 1.64. The fourth-order valence-electron chi connectivity index (χ4n) is 1.46. The molecule has 0 aliphatic rings. The number of thioether (sulfide) groups is 1. The van der Waals surface area contributed by atoms with Crippen LogP contribution in [0, 0.1) is 0 Å². The van der Waals surface area contributed by atoms with Gasteiger partial charge in [0.2, 0.25) is 5.91 Å². The van der Waals surface area contributed by atoms with E-state index in [1.807, 2.05) is 18.2 Å². The zero-order valence-corrected chi connectivity index (χ0v) is 12.3. The fourth-order valence-corrected chi connectivity index (χ4v) is 2.77. The molecule has 0 radical (unpaired) electrons. The molecule has 0 saturated heterocycles. The molecule has 0 heterocycles. The first-order valence-corrected chi connectivity index (χ1v) is 7.36. The Labute approximate surface area is 118 Å². The van der Waals surface area contributed by atoms with Gasteiger partial charge in [-0.1, -0.05) is 30.7 Å². The predicted molar refractivity (Wildman–Crippen MR) is 78.2 cm³/mol. The molecular weight excluding hydrogens is 268 g/mol. The third kappa shape index (κ3) is 4.88. The maximum atomic E-state index is 11.3. The zero-order chi connectivity index (χ0) is 13.4. The molecule has 1 aromatic rings. The summed E-state index contributed by atoms with van der Waals surface area (Å²) in [5, 5.41) is 6.66. The fraction of sp³-hybridized carbons (Fsp3) is 0.462. The highest BCUT2D eigenvalue weighted by Crippen LogP contribution is 2.30. The molecule has 1 amide bonds. The van der Waals surface area contributed by atoms with Crippen LogP contribution in [0.2, 0.25) is 5.02 Å². The molecule has 0 unspecified atom stereocenters. The molecule has 0 aliphatic carbocycles. The van der Waals surface area contributed by atoms with Gasteiger partial charge in [0, 0.05) is 18.5 Å². The summed E-state index contributed by atoms with van der Waals surface area (Å²) in [5.74, 6) is 0.397. The Morgan fingerprint density at radius 1 is 1.44 bits per heavy atom. The zero-order valence-electron chi connectivity index (χ0n) is 10.8. The highest BCUT2D eigenvalue weighted by molar-refractivity contribution is 8.00. The normalized spacial score (nSPS) is 10.4. The smallest absolute Gasteiger partial charge is 0.230 e. The monoisotopic (exact) mass is 286 g/mol. The highest BCUT2D eigenvalue weighted by Gasteiger charge is 2.09. The molecule has 2 N–H and O–H groups in total. The van der Waals surface area contributed by atoms with Crippen molar-refractivity contribution in [3.8, 4) is 0 Å². The average molecular weight is 287 g/mol. The van der Waals surface area contributed by atoms with Crippen LogP contribution in [0.1, 0.15) is 18.9 Å². The van der Waals surface area contributed by atoms with Crippen molar-refractivity contribution < 1.29 is 4.79 Å². The van der Waals surface area contributed by atoms with E-state index in [0.29, 0.717) is 10.8 Å². The van der Waals surface area contributed by atoms with Gasteiger partial charge in [-0.15, -0.1) is 11.8 Å². The van der Waals surface area contributed by atoms with Crippen LogP contribution in [-0.4, -0.2) is 25.3 Å². The summed E-state index contributed by atoms with van der Waals surface area (Å²) in [6.07, 6.45) is 1.10. The number of carbonyl (C=O) groups excluding carboxylic acids is 1. The van der Waals surface area contributed by atoms with Crippen LogP contribution in [-0.2, 0) is 11.3 Å². The third-order valence-electron chi connectivity index (χ3n) is 2.42. The van der Waals surface area contributed by atoms with Crippen molar-refractivity contribution in [1.82, 2.24) is 10.6 Å². The molecule has 18 heavy (non-hydrogen) atoms. The average Bonchev–Trinajstić information content (AvgIpc) is 2.38. The predicted octanol–water partition coefficient (Wildman–Crippen LogP) is 2.68. The van der Waals surface area contributed by atoms with Crippen LogP contribution in [0.25, 0.3) is 0 Å². The van der Waals surface area contributed by atoms with Crippen LogP contribution >= 0.6 is 23.4 Å². The lowest BCUT2D eigenvalue weighted by Crippen LogP contribution is -2.20. The molecule has 0 aromatic heterocycles. The molecule has 0 spiro atoms. The summed E-state index contributed by atoms with van der Waals surface area (Å²) in [6.45, 7) is 3.89. The molecule has 100 valence electrons. The molecule has 5 heteroatoms. The van der Waals surface area contributed by atoms with Crippen LogP contribution in [0.4, 0.5) is 0 Å². The maximum Gasteiger partial charge on any atom is 0.230 e. The van der Waals surface area contributed by atoms with Gasteiger partial charge in [-0.3, -0.25) is 4.79 Å². The first-order chi connectivity index (χ1) is 8.69. The van der Waals surface area contributed by atoms with Crippen LogP contribution in [0.5, 0.6) is 0 Å². The van der Waals surface area contributed by atoms with Crippen molar-refractivity contribution in [3.05, 3.63) is 28.8 Å². The van der Waals surface area contributed by atoms with Gasteiger partial charge in [0.1, 0.15) is 0 Å². The minimum atomic E-state index is 0.00684. The van der Waals surface area contributed by atoms with Crippen molar-refractivity contribution in [2.75, 3.05) is 19.3 Å². The second-order valence-corrected chi connectivity index (χ2v) is 5.26. The summed E-state index contributed by atoms with van der Waals surface area (Å²) >= 11 is 7.67. The van der Waals surface area contributed by atoms with E-state index in [4.69, 9.17) is 11.6 Å². The Balaban J connectivity index is 2.70. The Kier molecular flexibility index (Phi) is 7.16. The molecule has 1 rings (SSSR count). The van der Waals surface area contributed by atoms with E-state index in [0.717, 1.165) is 30.0 Å². The summed E-state index contributed by atoms with van der Waals surface area (Å²) in [6, 6.07) is 5.84. The lowest BCUT2D eigenvalue weighted by Gasteiger charge is -2.11. The van der Waals surface area contributed by atoms with E-state index >= 15 is 0 Å². The molecule has 0 fully saturated rings. The number of carbonyl (C=O) groups is 1. The molecule has 0 aliphatic heterocycles. The number of rotatable bonds is 7. The SMILES string of the molecule is CCCNCc1cccc(Cl)c1SCC(=O)NC. The minimum absolute atomic E-state index is 0.00684. The van der Waals surface area contributed by atoms with E-state index in [1.165, 1.54) is 11.8 Å². The highest BCUT2D eigenvalue weighted by atomic mass is 35.5. The van der Waals surface area contributed by atoms with Gasteiger partial charge >= 0.3 is 0 Å². The molecule has 3 nitrogen and oxygen atoms in total. The van der Waals surface area contributed by atoms with Gasteiger partial charge in [-0.05, 0) is 24.6 Å². The largest absolute Gasteiger partial charge is 0.358 e. The number of hydrogen-bond donors (Lipinski definition) is 2. The Morgan fingerprint density at radius 2 is 2.22 bits per heavy atom. The standard InChI is InChI=1S/C13H19ClN2OS/c1-3-7-16-8-10-5-4-6-11(14)13(10)18-9-12(17)15-2/h4-6,16H,3,7-9H2,1-2H3,(H,15,17). The molecular formula is C13H19ClN2OS. The molecule has 0 atom stereocenters. The van der Waals surface area contributed by atoms with Crippen molar-refractivity contribution in [2.24, 2.45) is 0 Å². The van der Waals surface area contributed by atoms with Gasteiger partial charge in [0.25, 0.3) is 0 Å². The Hall–Kier alpha value is -0.710. The second-order valence-electron chi connectivity index (χ2n) is 3.87. The van der Waals surface area contributed by atoms with E-state index in [1.54, 1.807) is 7.05 Å². The van der Waals surface area contributed by atoms with Crippen molar-refractivity contribution in [1.29, 1.82) is 0 Å². The van der Waals surface area contributed by atoms with Gasteiger partial charge in [-0.2, -0.15) is 0 Å². The van der Waals surface area contributed by atoms with E-state index in [-0.39, 0.29) is 5.91 Å². The van der Waals surface area contributed by atoms with Crippen LogP contribution in [0.3, 0.4) is 0 Å². The number of nitrogens with one attached hydrogen (secondary N) is 2. The lowest BCUT2D eigenvalue weighted by atomic mass is 10.2. The van der Waals surface area contributed by atoms with E-state index in [2.05, 4.69) is 17.6 Å². The van der Waals surface area contributed by atoms with E-state index < -0.39 is 0 Å². The first kappa shape index (κ1) is 15.3. The molecule has 0 saturated carbocycles. The van der Waals surface area contributed by atoms with Crippen molar-refractivity contribution in [3.63, 3.8) is 0 Å². The van der Waals surface area contributed by atoms with Crippen molar-refractivity contribution in [2.45, 2.75) is 24.8 Å². The number of halogens is 1. The molecule has 1 aromatic carbocycles. The number of hydrogen-bond acceptors (Lipinski definition) is 3. The maximum absolute atomic E-state index is 11.3. The summed E-state index contributed by atoms with van der Waals surface area (Å²) < 4.78 is 0. The first-order valence-electron chi connectivity index (χ1n) is 6.00. The third-order valence-corrected chi connectivity index (χ3v) is 4.02. The molecule has 0 bridgehead atoms. The summed E-state index contributed by atoms with van der Waals surface area (Å²) in [5.41, 5.74) is 1.14. The Bertz CT molecular complexity index is 399. The lowest BCUT2D eigenvalue weighted by molar-refractivity contribution is -0.118. The topological polar surface area (TPSA) is 41.1 Å². The van der Waals surface area contributed by atoms with E-state index in [9.17, 15) is 4.79 Å². The summed E-state index contributed by atoms with van der Waals surface area (Å²) in [4.78, 5) is 12.3. The van der Waals surface area contributed by atoms with Gasteiger partial charge in [0.15, 0.2) is 0 Å². The Morgan fingerprint density at radius 3 is 2.89 bits per heavy atom. The quantitative estimate of drug-likeness (QED) is 0.598. The van der Waals surface area contributed by atoms with Gasteiger partial charge in [0.05, 0.1) is 10.8 Å². The van der Waals surface area contributed by atoms with Crippen LogP contribution in [0.15, 0.2) is 23.1 Å². The van der Waals surface area contributed by atoms with Gasteiger partial charge in [-0.25, -0.2) is 0 Å². The minimum Gasteiger partial charge on any atom is -0.358 e. The number of benzene rings is 1. The second kappa shape index (κ2) is 8.40.